The van der Waals surface area contributed by atoms with E-state index >= 15 is 0 Å². The van der Waals surface area contributed by atoms with Crippen LogP contribution in [-0.4, -0.2) is 0 Å². The van der Waals surface area contributed by atoms with Crippen molar-refractivity contribution in [1.82, 2.24) is 0 Å². The lowest BCUT2D eigenvalue weighted by Gasteiger charge is -2.23. The Kier molecular flexibility index (Phi) is 5.26. The molecule has 146 valence electrons. The Morgan fingerprint density at radius 2 is 1.45 bits per heavy atom. The van der Waals surface area contributed by atoms with Crippen molar-refractivity contribution in [3.05, 3.63) is 102 Å². The summed E-state index contributed by atoms with van der Waals surface area (Å²) in [5, 5.41) is 5.97. The van der Waals surface area contributed by atoms with E-state index in [-0.39, 0.29) is 5.41 Å². The van der Waals surface area contributed by atoms with Gasteiger partial charge in [-0.2, -0.15) is 0 Å². The molecule has 0 atom stereocenters. The van der Waals surface area contributed by atoms with Crippen LogP contribution >= 0.6 is 0 Å². The fourth-order valence-electron chi connectivity index (χ4n) is 3.53. The molecule has 0 aliphatic carbocycles. The molecule has 0 saturated carbocycles. The normalized spacial score (nSPS) is 11.4. The van der Waals surface area contributed by atoms with Crippen LogP contribution in [0.2, 0.25) is 0 Å². The molecule has 0 bridgehead atoms. The summed E-state index contributed by atoms with van der Waals surface area (Å²) in [6, 6.07) is 31.5. The third-order valence-electron chi connectivity index (χ3n) is 5.07. The van der Waals surface area contributed by atoms with E-state index in [1.165, 1.54) is 16.5 Å². The summed E-state index contributed by atoms with van der Waals surface area (Å²) in [6.45, 7) is 7.29. The Bertz CT molecular complexity index is 1110. The molecule has 0 aliphatic rings. The molecule has 1 N–H and O–H groups in total. The molecule has 4 aromatic carbocycles. The lowest BCUT2D eigenvalue weighted by Crippen LogP contribution is -2.13. The summed E-state index contributed by atoms with van der Waals surface area (Å²) >= 11 is 0. The van der Waals surface area contributed by atoms with Crippen molar-refractivity contribution < 1.29 is 4.74 Å². The Labute approximate surface area is 173 Å². The first kappa shape index (κ1) is 19.1. The second kappa shape index (κ2) is 8.00. The number of rotatable bonds is 5. The quantitative estimate of drug-likeness (QED) is 0.387. The first-order valence-corrected chi connectivity index (χ1v) is 10.1. The van der Waals surface area contributed by atoms with Gasteiger partial charge in [0.2, 0.25) is 0 Å². The molecule has 4 rings (SSSR count). The predicted octanol–water partition coefficient (Wildman–Crippen LogP) is 7.46. The zero-order valence-electron chi connectivity index (χ0n) is 17.3. The summed E-state index contributed by atoms with van der Waals surface area (Å²) in [4.78, 5) is 0. The second-order valence-electron chi connectivity index (χ2n) is 8.42. The van der Waals surface area contributed by atoms with Gasteiger partial charge in [-0.3, -0.25) is 0 Å². The van der Waals surface area contributed by atoms with Gasteiger partial charge in [0.1, 0.15) is 12.4 Å². The molecule has 0 amide bonds. The predicted molar refractivity (Wildman–Crippen MR) is 123 cm³/mol. The number of nitrogens with one attached hydrogen (secondary N) is 1. The Balaban J connectivity index is 1.57. The number of para-hydroxylation sites is 1. The molecule has 0 unspecified atom stereocenters. The van der Waals surface area contributed by atoms with Crippen LogP contribution in [0.5, 0.6) is 5.75 Å². The highest BCUT2D eigenvalue weighted by atomic mass is 16.5. The first-order chi connectivity index (χ1) is 14.0. The van der Waals surface area contributed by atoms with Crippen molar-refractivity contribution in [2.75, 3.05) is 5.32 Å². The fraction of sp³-hybridized carbons (Fsp3) is 0.185. The van der Waals surface area contributed by atoms with Gasteiger partial charge < -0.3 is 10.1 Å². The monoisotopic (exact) mass is 381 g/mol. The highest BCUT2D eigenvalue weighted by molar-refractivity contribution is 5.88. The van der Waals surface area contributed by atoms with Crippen LogP contribution in [0.4, 0.5) is 11.4 Å². The number of ether oxygens (including phenoxy) is 1. The maximum absolute atomic E-state index is 6.00. The Hall–Kier alpha value is -3.26. The number of hydrogen-bond donors (Lipinski definition) is 1. The van der Waals surface area contributed by atoms with E-state index in [1.54, 1.807) is 0 Å². The first-order valence-electron chi connectivity index (χ1n) is 10.1. The zero-order valence-corrected chi connectivity index (χ0v) is 17.3. The van der Waals surface area contributed by atoms with Gasteiger partial charge in [0.05, 0.1) is 0 Å². The van der Waals surface area contributed by atoms with Crippen LogP contribution < -0.4 is 10.1 Å². The van der Waals surface area contributed by atoms with Crippen molar-refractivity contribution in [3.63, 3.8) is 0 Å². The van der Waals surface area contributed by atoms with Crippen LogP contribution in [0.1, 0.15) is 31.9 Å². The van der Waals surface area contributed by atoms with Gasteiger partial charge in [0, 0.05) is 11.4 Å². The van der Waals surface area contributed by atoms with Crippen LogP contribution in [0, 0.1) is 0 Å². The van der Waals surface area contributed by atoms with Crippen LogP contribution in [-0.2, 0) is 12.0 Å². The van der Waals surface area contributed by atoms with E-state index in [4.69, 9.17) is 4.74 Å². The van der Waals surface area contributed by atoms with Gasteiger partial charge in [-0.1, -0.05) is 81.4 Å². The molecule has 2 heteroatoms. The third-order valence-corrected chi connectivity index (χ3v) is 5.07. The van der Waals surface area contributed by atoms with Crippen LogP contribution in [0.15, 0.2) is 91.0 Å². The molecule has 4 aromatic rings. The van der Waals surface area contributed by atoms with Gasteiger partial charge in [-0.05, 0) is 57.6 Å². The van der Waals surface area contributed by atoms with E-state index in [1.807, 2.05) is 24.3 Å². The SMILES string of the molecule is CC(C)(C)c1ccccc1Nc1ccc2ccc(OCc3ccccc3)cc2c1. The molecule has 0 saturated heterocycles. The molecule has 0 heterocycles. The van der Waals surface area contributed by atoms with Crippen molar-refractivity contribution in [2.24, 2.45) is 0 Å². The minimum atomic E-state index is 0.0822. The standard InChI is InChI=1S/C27H27NO/c1-27(2,3)25-11-7-8-12-26(25)28-23-15-13-21-14-16-24(18-22(21)17-23)29-19-20-9-5-4-6-10-20/h4-18,28H,19H2,1-3H3. The van der Waals surface area contributed by atoms with Crippen molar-refractivity contribution in [3.8, 4) is 5.75 Å². The third kappa shape index (κ3) is 4.60. The van der Waals surface area contributed by atoms with Gasteiger partial charge >= 0.3 is 0 Å². The number of hydrogen-bond acceptors (Lipinski definition) is 2. The molecule has 29 heavy (non-hydrogen) atoms. The largest absolute Gasteiger partial charge is 0.489 e. The van der Waals surface area contributed by atoms with Crippen molar-refractivity contribution in [2.45, 2.75) is 32.8 Å². The minimum absolute atomic E-state index is 0.0822. The molecule has 0 aromatic heterocycles. The fourth-order valence-corrected chi connectivity index (χ4v) is 3.53. The molecule has 0 fully saturated rings. The molecular formula is C27H27NO. The Morgan fingerprint density at radius 3 is 2.24 bits per heavy atom. The maximum Gasteiger partial charge on any atom is 0.120 e. The van der Waals surface area contributed by atoms with E-state index in [0.29, 0.717) is 6.61 Å². The summed E-state index contributed by atoms with van der Waals surface area (Å²) in [6.07, 6.45) is 0. The van der Waals surface area contributed by atoms with Crippen molar-refractivity contribution >= 4 is 22.1 Å². The summed E-state index contributed by atoms with van der Waals surface area (Å²) in [5.74, 6) is 0.883. The maximum atomic E-state index is 6.00. The summed E-state index contributed by atoms with van der Waals surface area (Å²) in [5.41, 5.74) is 4.78. The van der Waals surface area contributed by atoms with Crippen LogP contribution in [0.25, 0.3) is 10.8 Å². The van der Waals surface area contributed by atoms with E-state index < -0.39 is 0 Å². The highest BCUT2D eigenvalue weighted by Gasteiger charge is 2.17. The topological polar surface area (TPSA) is 21.3 Å². The number of fused-ring (bicyclic) bond motifs is 1. The van der Waals surface area contributed by atoms with Gasteiger partial charge in [-0.15, -0.1) is 0 Å². The molecule has 0 spiro atoms. The van der Waals surface area contributed by atoms with E-state index in [9.17, 15) is 0 Å². The van der Waals surface area contributed by atoms with E-state index in [0.717, 1.165) is 22.5 Å². The molecule has 0 aliphatic heterocycles. The lowest BCUT2D eigenvalue weighted by atomic mass is 9.86. The van der Waals surface area contributed by atoms with Gasteiger partial charge in [-0.25, -0.2) is 0 Å². The van der Waals surface area contributed by atoms with Crippen LogP contribution in [0.3, 0.4) is 0 Å². The summed E-state index contributed by atoms with van der Waals surface area (Å²) < 4.78 is 6.00. The summed E-state index contributed by atoms with van der Waals surface area (Å²) in [7, 11) is 0. The lowest BCUT2D eigenvalue weighted by molar-refractivity contribution is 0.306. The minimum Gasteiger partial charge on any atom is -0.489 e. The van der Waals surface area contributed by atoms with Gasteiger partial charge in [0.25, 0.3) is 0 Å². The Morgan fingerprint density at radius 1 is 0.724 bits per heavy atom. The average Bonchev–Trinajstić information content (AvgIpc) is 2.72. The molecule has 0 radical (unpaired) electrons. The average molecular weight is 382 g/mol. The van der Waals surface area contributed by atoms with Crippen molar-refractivity contribution in [1.29, 1.82) is 0 Å². The second-order valence-corrected chi connectivity index (χ2v) is 8.42. The molecule has 2 nitrogen and oxygen atoms in total. The number of anilines is 2. The van der Waals surface area contributed by atoms with E-state index in [2.05, 4.69) is 92.8 Å². The number of benzene rings is 4. The zero-order chi connectivity index (χ0) is 20.3. The molecular weight excluding hydrogens is 354 g/mol. The highest BCUT2D eigenvalue weighted by Crippen LogP contribution is 2.32. The van der Waals surface area contributed by atoms with Gasteiger partial charge in [0.15, 0.2) is 0 Å². The smallest absolute Gasteiger partial charge is 0.120 e.